The molecule has 0 aromatic heterocycles. The Labute approximate surface area is 161 Å². The molecule has 1 saturated heterocycles. The average Bonchev–Trinajstić information content (AvgIpc) is 2.67. The third-order valence-electron chi connectivity index (χ3n) is 4.83. The highest BCUT2D eigenvalue weighted by molar-refractivity contribution is 7.89. The van der Waals surface area contributed by atoms with Crippen molar-refractivity contribution in [2.24, 2.45) is 5.92 Å². The Morgan fingerprint density at radius 3 is 2.56 bits per heavy atom. The summed E-state index contributed by atoms with van der Waals surface area (Å²) in [5.41, 5.74) is 0.474. The minimum Gasteiger partial charge on any atom is -0.356 e. The Morgan fingerprint density at radius 1 is 1.26 bits per heavy atom. The van der Waals surface area contributed by atoms with Gasteiger partial charge in [-0.15, -0.1) is 0 Å². The van der Waals surface area contributed by atoms with E-state index < -0.39 is 10.0 Å². The van der Waals surface area contributed by atoms with Gasteiger partial charge in [-0.1, -0.05) is 12.1 Å². The minimum atomic E-state index is -3.63. The lowest BCUT2D eigenvalue weighted by Crippen LogP contribution is -2.38. The summed E-state index contributed by atoms with van der Waals surface area (Å²) in [6.45, 7) is 4.34. The predicted octanol–water partition coefficient (Wildman–Crippen LogP) is 1.41. The average molecular weight is 396 g/mol. The van der Waals surface area contributed by atoms with Gasteiger partial charge in [-0.05, 0) is 57.3 Å². The van der Waals surface area contributed by atoms with Crippen LogP contribution in [0.2, 0.25) is 0 Å². The van der Waals surface area contributed by atoms with E-state index in [1.54, 1.807) is 0 Å². The lowest BCUT2D eigenvalue weighted by molar-refractivity contribution is -0.121. The number of piperidine rings is 1. The van der Waals surface area contributed by atoms with Crippen LogP contribution in [0.3, 0.4) is 0 Å². The molecule has 0 bridgehead atoms. The molecule has 2 N–H and O–H groups in total. The molecule has 1 fully saturated rings. The zero-order chi connectivity index (χ0) is 19.9. The number of Topliss-reactive ketones (excluding diaryl/α,β-unsaturated/α-hetero) is 1. The number of carbonyl (C=O) groups excluding carboxylic acids is 2. The zero-order valence-electron chi connectivity index (χ0n) is 16.0. The van der Waals surface area contributed by atoms with Gasteiger partial charge >= 0.3 is 0 Å². The molecular formula is C19H29N3O4S. The van der Waals surface area contributed by atoms with Gasteiger partial charge in [0.25, 0.3) is 0 Å². The Morgan fingerprint density at radius 2 is 1.96 bits per heavy atom. The fourth-order valence-corrected chi connectivity index (χ4v) is 4.28. The summed E-state index contributed by atoms with van der Waals surface area (Å²) in [7, 11) is -2.13. The van der Waals surface area contributed by atoms with E-state index in [1.807, 2.05) is 0 Å². The van der Waals surface area contributed by atoms with Crippen molar-refractivity contribution in [3.05, 3.63) is 29.8 Å². The summed E-state index contributed by atoms with van der Waals surface area (Å²) in [5, 5.41) is 6.25. The van der Waals surface area contributed by atoms with Gasteiger partial charge in [0.05, 0.1) is 4.90 Å². The van der Waals surface area contributed by atoms with Crippen molar-refractivity contribution >= 4 is 21.7 Å². The second kappa shape index (κ2) is 9.96. The maximum absolute atomic E-state index is 12.6. The molecule has 1 heterocycles. The van der Waals surface area contributed by atoms with Crippen molar-refractivity contribution in [1.82, 2.24) is 14.9 Å². The van der Waals surface area contributed by atoms with Gasteiger partial charge in [-0.25, -0.2) is 12.7 Å². The molecule has 1 aromatic carbocycles. The third kappa shape index (κ3) is 6.41. The van der Waals surface area contributed by atoms with E-state index in [4.69, 9.17) is 0 Å². The molecule has 2 rings (SSSR count). The largest absolute Gasteiger partial charge is 0.356 e. The molecule has 150 valence electrons. The lowest BCUT2D eigenvalue weighted by Gasteiger charge is -2.23. The van der Waals surface area contributed by atoms with Crippen molar-refractivity contribution in [3.8, 4) is 0 Å². The van der Waals surface area contributed by atoms with Crippen LogP contribution >= 0.6 is 0 Å². The number of ketones is 1. The van der Waals surface area contributed by atoms with Gasteiger partial charge in [-0.3, -0.25) is 9.59 Å². The van der Waals surface area contributed by atoms with Crippen molar-refractivity contribution in [2.45, 2.75) is 37.5 Å². The van der Waals surface area contributed by atoms with Gasteiger partial charge in [0.2, 0.25) is 15.9 Å². The first kappa shape index (κ1) is 21.5. The molecule has 8 heteroatoms. The van der Waals surface area contributed by atoms with Crippen molar-refractivity contribution in [1.29, 1.82) is 0 Å². The molecule has 7 nitrogen and oxygen atoms in total. The number of rotatable bonds is 9. The van der Waals surface area contributed by atoms with E-state index in [0.29, 0.717) is 30.9 Å². The number of nitrogens with one attached hydrogen (secondary N) is 2. The SMILES string of the molecule is CC(=O)c1ccc(S(=O)(=O)N(C)CCCC(=O)NCC2CCCNC2)cc1. The van der Waals surface area contributed by atoms with Gasteiger partial charge in [0, 0.05) is 32.1 Å². The Kier molecular flexibility index (Phi) is 7.94. The highest BCUT2D eigenvalue weighted by Crippen LogP contribution is 2.16. The molecule has 0 radical (unpaired) electrons. The number of amides is 1. The molecule has 0 saturated carbocycles. The van der Waals surface area contributed by atoms with Crippen LogP contribution in [0.4, 0.5) is 0 Å². The van der Waals surface area contributed by atoms with Crippen LogP contribution in [0.5, 0.6) is 0 Å². The Balaban J connectivity index is 1.77. The van der Waals surface area contributed by atoms with Crippen molar-refractivity contribution in [2.75, 3.05) is 33.2 Å². The van der Waals surface area contributed by atoms with Crippen LogP contribution in [0, 0.1) is 5.92 Å². The molecule has 27 heavy (non-hydrogen) atoms. The first-order chi connectivity index (χ1) is 12.8. The smallest absolute Gasteiger partial charge is 0.242 e. The number of benzene rings is 1. The highest BCUT2D eigenvalue weighted by Gasteiger charge is 2.21. The molecule has 1 aliphatic heterocycles. The van der Waals surface area contributed by atoms with E-state index >= 15 is 0 Å². The fourth-order valence-electron chi connectivity index (χ4n) is 3.07. The number of hydrogen-bond acceptors (Lipinski definition) is 5. The van der Waals surface area contributed by atoms with Crippen molar-refractivity contribution < 1.29 is 18.0 Å². The number of sulfonamides is 1. The predicted molar refractivity (Wildman–Crippen MR) is 104 cm³/mol. The summed E-state index contributed by atoms with van der Waals surface area (Å²) < 4.78 is 26.4. The standard InChI is InChI=1S/C19H29N3O4S/c1-15(23)17-7-9-18(10-8-17)27(25,26)22(2)12-4-6-19(24)21-14-16-5-3-11-20-13-16/h7-10,16,20H,3-6,11-14H2,1-2H3,(H,21,24). The quantitative estimate of drug-likeness (QED) is 0.617. The van der Waals surface area contributed by atoms with Crippen molar-refractivity contribution in [3.63, 3.8) is 0 Å². The fraction of sp³-hybridized carbons (Fsp3) is 0.579. The summed E-state index contributed by atoms with van der Waals surface area (Å²) in [6.07, 6.45) is 3.01. The molecular weight excluding hydrogens is 366 g/mol. The summed E-state index contributed by atoms with van der Waals surface area (Å²) in [4.78, 5) is 23.4. The molecule has 0 aliphatic carbocycles. The normalized spacial score (nSPS) is 17.7. The van der Waals surface area contributed by atoms with E-state index in [1.165, 1.54) is 42.5 Å². The van der Waals surface area contributed by atoms with E-state index in [2.05, 4.69) is 10.6 Å². The number of hydrogen-bond donors (Lipinski definition) is 2. The summed E-state index contributed by atoms with van der Waals surface area (Å²) in [6, 6.07) is 5.90. The van der Waals surface area contributed by atoms with E-state index in [-0.39, 0.29) is 23.1 Å². The second-order valence-electron chi connectivity index (χ2n) is 7.03. The lowest BCUT2D eigenvalue weighted by atomic mass is 10.00. The first-order valence-corrected chi connectivity index (χ1v) is 10.8. The highest BCUT2D eigenvalue weighted by atomic mass is 32.2. The molecule has 0 spiro atoms. The zero-order valence-corrected chi connectivity index (χ0v) is 16.8. The topological polar surface area (TPSA) is 95.6 Å². The number of carbonyl (C=O) groups is 2. The van der Waals surface area contributed by atoms with Gasteiger partial charge in [-0.2, -0.15) is 0 Å². The molecule has 1 amide bonds. The third-order valence-corrected chi connectivity index (χ3v) is 6.70. The Hall–Kier alpha value is -1.77. The van der Waals surface area contributed by atoms with Crippen LogP contribution in [-0.4, -0.2) is 57.6 Å². The maximum atomic E-state index is 12.6. The molecule has 1 unspecified atom stereocenters. The van der Waals surface area contributed by atoms with Crippen LogP contribution in [0.25, 0.3) is 0 Å². The molecule has 1 aromatic rings. The van der Waals surface area contributed by atoms with E-state index in [0.717, 1.165) is 25.9 Å². The molecule has 1 aliphatic rings. The molecule has 1 atom stereocenters. The van der Waals surface area contributed by atoms with E-state index in [9.17, 15) is 18.0 Å². The van der Waals surface area contributed by atoms with Crippen LogP contribution < -0.4 is 10.6 Å². The van der Waals surface area contributed by atoms with Crippen LogP contribution in [-0.2, 0) is 14.8 Å². The van der Waals surface area contributed by atoms with Crippen LogP contribution in [0.1, 0.15) is 43.0 Å². The minimum absolute atomic E-state index is 0.0443. The van der Waals surface area contributed by atoms with Gasteiger partial charge < -0.3 is 10.6 Å². The first-order valence-electron chi connectivity index (χ1n) is 9.35. The Bertz CT molecular complexity index is 741. The summed E-state index contributed by atoms with van der Waals surface area (Å²) >= 11 is 0. The monoisotopic (exact) mass is 395 g/mol. The second-order valence-corrected chi connectivity index (χ2v) is 9.07. The number of nitrogens with zero attached hydrogens (tertiary/aromatic N) is 1. The summed E-state index contributed by atoms with van der Waals surface area (Å²) in [5.74, 6) is 0.322. The van der Waals surface area contributed by atoms with Gasteiger partial charge in [0.15, 0.2) is 5.78 Å². The van der Waals surface area contributed by atoms with Gasteiger partial charge in [0.1, 0.15) is 0 Å². The maximum Gasteiger partial charge on any atom is 0.242 e. The van der Waals surface area contributed by atoms with Crippen LogP contribution in [0.15, 0.2) is 29.2 Å².